The fourth-order valence-corrected chi connectivity index (χ4v) is 2.22. The summed E-state index contributed by atoms with van der Waals surface area (Å²) in [6, 6.07) is 8.89. The first-order valence-corrected chi connectivity index (χ1v) is 6.77. The van der Waals surface area contributed by atoms with Crippen molar-refractivity contribution in [3.05, 3.63) is 36.0 Å². The molecule has 0 spiro atoms. The lowest BCUT2D eigenvalue weighted by atomic mass is 9.92. The summed E-state index contributed by atoms with van der Waals surface area (Å²) in [5, 5.41) is 1.33. The van der Waals surface area contributed by atoms with Gasteiger partial charge in [0.2, 0.25) is 0 Å². The van der Waals surface area contributed by atoms with E-state index >= 15 is 0 Å². The standard InChI is InChI=1S/C16H24N2/c1-16(2,3)8-11-18-10-7-14-12-13(6-9-17)4-5-15(14)18/h4-5,7,10,12H,6,8-9,11,17H2,1-3H3. The lowest BCUT2D eigenvalue weighted by Crippen LogP contribution is -2.09. The van der Waals surface area contributed by atoms with Crippen molar-refractivity contribution in [1.82, 2.24) is 4.57 Å². The Hall–Kier alpha value is -1.28. The molecule has 98 valence electrons. The molecule has 2 nitrogen and oxygen atoms in total. The van der Waals surface area contributed by atoms with Gasteiger partial charge in [0.25, 0.3) is 0 Å². The molecule has 0 aliphatic carbocycles. The van der Waals surface area contributed by atoms with Gasteiger partial charge in [0.1, 0.15) is 0 Å². The fourth-order valence-electron chi connectivity index (χ4n) is 2.22. The zero-order valence-electron chi connectivity index (χ0n) is 11.7. The van der Waals surface area contributed by atoms with Crippen LogP contribution in [0, 0.1) is 5.41 Å². The van der Waals surface area contributed by atoms with Gasteiger partial charge in [0, 0.05) is 18.3 Å². The SMILES string of the molecule is CC(C)(C)CCn1ccc2cc(CCN)ccc21. The number of nitrogens with two attached hydrogens (primary N) is 1. The summed E-state index contributed by atoms with van der Waals surface area (Å²) in [7, 11) is 0. The lowest BCUT2D eigenvalue weighted by Gasteiger charge is -2.18. The van der Waals surface area contributed by atoms with E-state index in [9.17, 15) is 0 Å². The highest BCUT2D eigenvalue weighted by Crippen LogP contribution is 2.23. The van der Waals surface area contributed by atoms with Crippen molar-refractivity contribution in [3.63, 3.8) is 0 Å². The maximum absolute atomic E-state index is 5.60. The maximum atomic E-state index is 5.60. The molecule has 1 aromatic heterocycles. The van der Waals surface area contributed by atoms with Crippen LogP contribution in [0.4, 0.5) is 0 Å². The number of nitrogens with zero attached hydrogens (tertiary/aromatic N) is 1. The third-order valence-corrected chi connectivity index (χ3v) is 3.37. The van der Waals surface area contributed by atoms with Gasteiger partial charge in [-0.3, -0.25) is 0 Å². The Morgan fingerprint density at radius 3 is 2.61 bits per heavy atom. The Bertz CT molecular complexity index is 517. The summed E-state index contributed by atoms with van der Waals surface area (Å²) in [5.74, 6) is 0. The Morgan fingerprint density at radius 2 is 1.94 bits per heavy atom. The second-order valence-electron chi connectivity index (χ2n) is 6.25. The summed E-state index contributed by atoms with van der Waals surface area (Å²) in [6.07, 6.45) is 4.35. The number of rotatable bonds is 4. The van der Waals surface area contributed by atoms with Crippen molar-refractivity contribution >= 4 is 10.9 Å². The van der Waals surface area contributed by atoms with Crippen LogP contribution in [0.15, 0.2) is 30.5 Å². The van der Waals surface area contributed by atoms with Crippen molar-refractivity contribution in [2.75, 3.05) is 6.54 Å². The van der Waals surface area contributed by atoms with Crippen LogP contribution < -0.4 is 5.73 Å². The molecule has 0 saturated carbocycles. The number of fused-ring (bicyclic) bond motifs is 1. The molecule has 0 atom stereocenters. The van der Waals surface area contributed by atoms with Crippen LogP contribution in [-0.4, -0.2) is 11.1 Å². The van der Waals surface area contributed by atoms with E-state index in [0.717, 1.165) is 19.5 Å². The van der Waals surface area contributed by atoms with Crippen LogP contribution in [-0.2, 0) is 13.0 Å². The van der Waals surface area contributed by atoms with Crippen LogP contribution in [0.3, 0.4) is 0 Å². The third kappa shape index (κ3) is 3.14. The predicted molar refractivity (Wildman–Crippen MR) is 78.8 cm³/mol. The summed E-state index contributed by atoms with van der Waals surface area (Å²) < 4.78 is 2.35. The molecule has 0 saturated heterocycles. The van der Waals surface area contributed by atoms with Crippen LogP contribution in [0.25, 0.3) is 10.9 Å². The van der Waals surface area contributed by atoms with Crippen molar-refractivity contribution in [2.45, 2.75) is 40.2 Å². The van der Waals surface area contributed by atoms with Crippen LogP contribution in [0.5, 0.6) is 0 Å². The van der Waals surface area contributed by atoms with Crippen molar-refractivity contribution in [1.29, 1.82) is 0 Å². The molecule has 2 heteroatoms. The highest BCUT2D eigenvalue weighted by molar-refractivity contribution is 5.80. The quantitative estimate of drug-likeness (QED) is 0.875. The van der Waals surface area contributed by atoms with E-state index in [1.54, 1.807) is 0 Å². The maximum Gasteiger partial charge on any atom is 0.0480 e. The second kappa shape index (κ2) is 5.15. The van der Waals surface area contributed by atoms with E-state index in [1.807, 2.05) is 0 Å². The first-order chi connectivity index (χ1) is 8.49. The number of hydrogen-bond donors (Lipinski definition) is 1. The normalized spacial score (nSPS) is 12.2. The highest BCUT2D eigenvalue weighted by Gasteiger charge is 2.10. The van der Waals surface area contributed by atoms with Gasteiger partial charge in [0.05, 0.1) is 0 Å². The second-order valence-corrected chi connectivity index (χ2v) is 6.25. The molecule has 0 radical (unpaired) electrons. The van der Waals surface area contributed by atoms with Gasteiger partial charge < -0.3 is 10.3 Å². The average Bonchev–Trinajstić information content (AvgIpc) is 2.68. The minimum absolute atomic E-state index is 0.385. The van der Waals surface area contributed by atoms with Gasteiger partial charge in [-0.1, -0.05) is 26.8 Å². The predicted octanol–water partition coefficient (Wildman–Crippen LogP) is 3.58. The van der Waals surface area contributed by atoms with Gasteiger partial charge in [-0.2, -0.15) is 0 Å². The van der Waals surface area contributed by atoms with Crippen molar-refractivity contribution in [3.8, 4) is 0 Å². The van der Waals surface area contributed by atoms with Gasteiger partial charge in [-0.15, -0.1) is 0 Å². The molecule has 18 heavy (non-hydrogen) atoms. The van der Waals surface area contributed by atoms with Gasteiger partial charge in [-0.05, 0) is 54.0 Å². The van der Waals surface area contributed by atoms with Gasteiger partial charge >= 0.3 is 0 Å². The first-order valence-electron chi connectivity index (χ1n) is 6.77. The Morgan fingerprint density at radius 1 is 1.17 bits per heavy atom. The van der Waals surface area contributed by atoms with Gasteiger partial charge in [0.15, 0.2) is 0 Å². The fraction of sp³-hybridized carbons (Fsp3) is 0.500. The molecule has 0 unspecified atom stereocenters. The molecular formula is C16H24N2. The summed E-state index contributed by atoms with van der Waals surface area (Å²) >= 11 is 0. The highest BCUT2D eigenvalue weighted by atomic mass is 14.9. The molecule has 0 amide bonds. The van der Waals surface area contributed by atoms with Crippen molar-refractivity contribution in [2.24, 2.45) is 11.1 Å². The third-order valence-electron chi connectivity index (χ3n) is 3.37. The molecule has 1 aromatic carbocycles. The molecule has 2 rings (SSSR count). The van der Waals surface area contributed by atoms with E-state index < -0.39 is 0 Å². The smallest absolute Gasteiger partial charge is 0.0480 e. The summed E-state index contributed by atoms with van der Waals surface area (Å²) in [6.45, 7) is 8.67. The number of benzene rings is 1. The first kappa shape index (κ1) is 13.2. The van der Waals surface area contributed by atoms with Crippen LogP contribution in [0.1, 0.15) is 32.8 Å². The van der Waals surface area contributed by atoms with E-state index in [0.29, 0.717) is 5.41 Å². The molecule has 0 fully saturated rings. The largest absolute Gasteiger partial charge is 0.347 e. The summed E-state index contributed by atoms with van der Waals surface area (Å²) in [4.78, 5) is 0. The minimum Gasteiger partial charge on any atom is -0.347 e. The van der Waals surface area contributed by atoms with Crippen LogP contribution in [0.2, 0.25) is 0 Å². The molecule has 2 aromatic rings. The lowest BCUT2D eigenvalue weighted by molar-refractivity contribution is 0.353. The monoisotopic (exact) mass is 244 g/mol. The Balaban J connectivity index is 2.20. The molecular weight excluding hydrogens is 220 g/mol. The Kier molecular flexibility index (Phi) is 3.76. The van der Waals surface area contributed by atoms with Gasteiger partial charge in [-0.25, -0.2) is 0 Å². The number of aromatic nitrogens is 1. The Labute approximate surface area is 110 Å². The van der Waals surface area contributed by atoms with E-state index in [2.05, 4.69) is 55.8 Å². The number of hydrogen-bond acceptors (Lipinski definition) is 1. The average molecular weight is 244 g/mol. The summed E-state index contributed by atoms with van der Waals surface area (Å²) in [5.41, 5.74) is 8.65. The van der Waals surface area contributed by atoms with Crippen LogP contribution >= 0.6 is 0 Å². The molecule has 2 N–H and O–H groups in total. The van der Waals surface area contributed by atoms with Crippen molar-refractivity contribution < 1.29 is 0 Å². The molecule has 0 aliphatic rings. The van der Waals surface area contributed by atoms with E-state index in [4.69, 9.17) is 5.73 Å². The zero-order chi connectivity index (χ0) is 13.2. The topological polar surface area (TPSA) is 30.9 Å². The molecule has 0 aliphatic heterocycles. The van der Waals surface area contributed by atoms with E-state index in [-0.39, 0.29) is 0 Å². The molecule has 0 bridgehead atoms. The molecule has 1 heterocycles. The number of aryl methyl sites for hydroxylation is 1. The zero-order valence-corrected chi connectivity index (χ0v) is 11.7. The minimum atomic E-state index is 0.385. The van der Waals surface area contributed by atoms with E-state index in [1.165, 1.54) is 22.9 Å².